The van der Waals surface area contributed by atoms with E-state index in [0.717, 1.165) is 34.1 Å². The molecule has 3 rings (SSSR count). The fraction of sp³-hybridized carbons (Fsp3) is 0.105. The van der Waals surface area contributed by atoms with E-state index in [1.54, 1.807) is 6.08 Å². The van der Waals surface area contributed by atoms with Gasteiger partial charge < -0.3 is 4.90 Å². The van der Waals surface area contributed by atoms with Crippen LogP contribution >= 0.6 is 24.0 Å². The SMILES string of the molecule is CN(C)c1ccc(C=C2SC(=O)N(NC(=O)c3cccc([N+](=O)[O-])c3)C2=S)cc1. The van der Waals surface area contributed by atoms with Crippen molar-refractivity contribution in [1.29, 1.82) is 0 Å². The smallest absolute Gasteiger partial charge is 0.310 e. The van der Waals surface area contributed by atoms with Crippen LogP contribution in [-0.4, -0.2) is 40.2 Å². The van der Waals surface area contributed by atoms with Gasteiger partial charge in [-0.2, -0.15) is 5.01 Å². The van der Waals surface area contributed by atoms with E-state index in [0.29, 0.717) is 4.91 Å². The molecule has 1 heterocycles. The largest absolute Gasteiger partial charge is 0.378 e. The van der Waals surface area contributed by atoms with Crippen LogP contribution in [0, 0.1) is 10.1 Å². The van der Waals surface area contributed by atoms with E-state index in [4.69, 9.17) is 12.2 Å². The molecule has 29 heavy (non-hydrogen) atoms. The number of hydrogen-bond donors (Lipinski definition) is 1. The second-order valence-corrected chi connectivity index (χ2v) is 7.63. The topological polar surface area (TPSA) is 95.8 Å². The van der Waals surface area contributed by atoms with E-state index >= 15 is 0 Å². The molecule has 1 fully saturated rings. The summed E-state index contributed by atoms with van der Waals surface area (Å²) in [6.45, 7) is 0. The van der Waals surface area contributed by atoms with Crippen molar-refractivity contribution in [3.05, 3.63) is 74.7 Å². The third-order valence-electron chi connectivity index (χ3n) is 4.03. The van der Waals surface area contributed by atoms with Crippen molar-refractivity contribution in [1.82, 2.24) is 10.4 Å². The van der Waals surface area contributed by atoms with Crippen LogP contribution < -0.4 is 10.3 Å². The van der Waals surface area contributed by atoms with Crippen molar-refractivity contribution >= 4 is 57.6 Å². The van der Waals surface area contributed by atoms with Crippen LogP contribution in [0.15, 0.2) is 53.4 Å². The second-order valence-electron chi connectivity index (χ2n) is 6.25. The molecule has 1 saturated heterocycles. The Morgan fingerprint density at radius 2 is 1.93 bits per heavy atom. The van der Waals surface area contributed by atoms with Crippen molar-refractivity contribution in [2.24, 2.45) is 0 Å². The molecule has 148 valence electrons. The first-order chi connectivity index (χ1) is 13.8. The maximum absolute atomic E-state index is 12.4. The lowest BCUT2D eigenvalue weighted by Gasteiger charge is -2.15. The maximum Gasteiger partial charge on any atom is 0.310 e. The number of carbonyl (C=O) groups is 2. The molecular formula is C19H16N4O4S2. The van der Waals surface area contributed by atoms with Gasteiger partial charge in [0, 0.05) is 37.5 Å². The van der Waals surface area contributed by atoms with E-state index in [2.05, 4.69) is 5.43 Å². The van der Waals surface area contributed by atoms with Crippen molar-refractivity contribution < 1.29 is 14.5 Å². The first-order valence-corrected chi connectivity index (χ1v) is 9.59. The number of thiocarbonyl (C=S) groups is 1. The van der Waals surface area contributed by atoms with Crippen LogP contribution in [0.25, 0.3) is 6.08 Å². The molecule has 8 nitrogen and oxygen atoms in total. The van der Waals surface area contributed by atoms with Crippen LogP contribution in [0.3, 0.4) is 0 Å². The number of nitrogens with one attached hydrogen (secondary N) is 1. The number of anilines is 1. The molecule has 0 saturated carbocycles. The molecule has 0 unspecified atom stereocenters. The van der Waals surface area contributed by atoms with Crippen LogP contribution in [0.1, 0.15) is 15.9 Å². The number of hydrogen-bond acceptors (Lipinski definition) is 7. The molecule has 0 atom stereocenters. The number of carbonyl (C=O) groups excluding carboxylic acids is 2. The van der Waals surface area contributed by atoms with Crippen molar-refractivity contribution in [2.75, 3.05) is 19.0 Å². The minimum Gasteiger partial charge on any atom is -0.378 e. The van der Waals surface area contributed by atoms with Gasteiger partial charge in [-0.05, 0) is 41.6 Å². The zero-order valence-corrected chi connectivity index (χ0v) is 17.1. The first kappa shape index (κ1) is 20.5. The summed E-state index contributed by atoms with van der Waals surface area (Å²) in [6, 6.07) is 12.9. The van der Waals surface area contributed by atoms with Gasteiger partial charge in [0.05, 0.1) is 9.83 Å². The monoisotopic (exact) mass is 428 g/mol. The number of nitro benzene ring substituents is 1. The number of benzene rings is 2. The van der Waals surface area contributed by atoms with E-state index in [1.165, 1.54) is 18.2 Å². The van der Waals surface area contributed by atoms with Crippen molar-refractivity contribution in [3.63, 3.8) is 0 Å². The van der Waals surface area contributed by atoms with Gasteiger partial charge in [0.25, 0.3) is 11.6 Å². The summed E-state index contributed by atoms with van der Waals surface area (Å²) in [7, 11) is 3.88. The van der Waals surface area contributed by atoms with Gasteiger partial charge in [-0.3, -0.25) is 25.1 Å². The predicted molar refractivity (Wildman–Crippen MR) is 117 cm³/mol. The van der Waals surface area contributed by atoms with Gasteiger partial charge in [0.1, 0.15) is 4.99 Å². The van der Waals surface area contributed by atoms with Crippen LogP contribution in [0.2, 0.25) is 0 Å². The zero-order valence-electron chi connectivity index (χ0n) is 15.5. The van der Waals surface area contributed by atoms with Gasteiger partial charge in [0.15, 0.2) is 0 Å². The fourth-order valence-electron chi connectivity index (χ4n) is 2.51. The number of nitrogens with zero attached hydrogens (tertiary/aromatic N) is 3. The number of nitro groups is 1. The minimum atomic E-state index is -0.665. The van der Waals surface area contributed by atoms with Gasteiger partial charge in [-0.25, -0.2) is 0 Å². The molecule has 1 aliphatic rings. The highest BCUT2D eigenvalue weighted by atomic mass is 32.2. The van der Waals surface area contributed by atoms with Gasteiger partial charge in [-0.1, -0.05) is 30.4 Å². The Morgan fingerprint density at radius 1 is 1.24 bits per heavy atom. The molecule has 10 heteroatoms. The van der Waals surface area contributed by atoms with Crippen molar-refractivity contribution in [3.8, 4) is 0 Å². The third-order valence-corrected chi connectivity index (χ3v) is 5.45. The summed E-state index contributed by atoms with van der Waals surface area (Å²) in [5.74, 6) is -0.665. The standard InChI is InChI=1S/C19H16N4O4S2/c1-21(2)14-8-6-12(7-9-14)10-16-18(28)22(19(25)29-16)20-17(24)13-4-3-5-15(11-13)23(26)27/h3-11H,1-2H3,(H,20,24). The summed E-state index contributed by atoms with van der Waals surface area (Å²) in [6.07, 6.45) is 1.77. The zero-order chi connectivity index (χ0) is 21.1. The maximum atomic E-state index is 12.4. The Morgan fingerprint density at radius 3 is 2.55 bits per heavy atom. The summed E-state index contributed by atoms with van der Waals surface area (Å²) < 4.78 is 0. The van der Waals surface area contributed by atoms with Gasteiger partial charge >= 0.3 is 5.24 Å². The van der Waals surface area contributed by atoms with E-state index < -0.39 is 16.1 Å². The lowest BCUT2D eigenvalue weighted by atomic mass is 10.2. The normalized spacial score (nSPS) is 15.0. The molecule has 0 aromatic heterocycles. The summed E-state index contributed by atoms with van der Waals surface area (Å²) in [4.78, 5) is 37.7. The number of amides is 2. The summed E-state index contributed by atoms with van der Waals surface area (Å²) >= 11 is 6.23. The Balaban J connectivity index is 1.75. The molecule has 2 aromatic carbocycles. The Bertz CT molecular complexity index is 1030. The van der Waals surface area contributed by atoms with Crippen molar-refractivity contribution in [2.45, 2.75) is 0 Å². The number of hydrazine groups is 1. The molecule has 1 N–H and O–H groups in total. The highest BCUT2D eigenvalue weighted by molar-refractivity contribution is 8.19. The molecule has 1 aliphatic heterocycles. The lowest BCUT2D eigenvalue weighted by Crippen LogP contribution is -2.44. The van der Waals surface area contributed by atoms with Crippen LogP contribution in [0.4, 0.5) is 16.2 Å². The van der Waals surface area contributed by atoms with E-state index in [-0.39, 0.29) is 16.2 Å². The predicted octanol–water partition coefficient (Wildman–Crippen LogP) is 3.84. The van der Waals surface area contributed by atoms with E-state index in [9.17, 15) is 19.7 Å². The quantitative estimate of drug-likeness (QED) is 0.334. The van der Waals surface area contributed by atoms with E-state index in [1.807, 2.05) is 43.3 Å². The second kappa shape index (κ2) is 8.41. The summed E-state index contributed by atoms with van der Waals surface area (Å²) in [5.41, 5.74) is 4.15. The third kappa shape index (κ3) is 4.61. The Kier molecular flexibility index (Phi) is 5.95. The Hall–Kier alpha value is -3.24. The highest BCUT2D eigenvalue weighted by Crippen LogP contribution is 2.32. The molecule has 0 aliphatic carbocycles. The highest BCUT2D eigenvalue weighted by Gasteiger charge is 2.33. The fourth-order valence-corrected chi connectivity index (χ4v) is 3.67. The van der Waals surface area contributed by atoms with Gasteiger partial charge in [-0.15, -0.1) is 0 Å². The van der Waals surface area contributed by atoms with Gasteiger partial charge in [0.2, 0.25) is 0 Å². The molecule has 0 bridgehead atoms. The first-order valence-electron chi connectivity index (χ1n) is 8.37. The average molecular weight is 428 g/mol. The molecule has 0 spiro atoms. The number of non-ortho nitro benzene ring substituents is 1. The minimum absolute atomic E-state index is 0.0523. The summed E-state index contributed by atoms with van der Waals surface area (Å²) in [5, 5.41) is 11.4. The molecular weight excluding hydrogens is 412 g/mol. The Labute approximate surface area is 176 Å². The number of rotatable bonds is 5. The molecule has 2 amide bonds. The van der Waals surface area contributed by atoms with Crippen LogP contribution in [0.5, 0.6) is 0 Å². The number of thioether (sulfide) groups is 1. The average Bonchev–Trinajstić information content (AvgIpc) is 2.95. The lowest BCUT2D eigenvalue weighted by molar-refractivity contribution is -0.384. The molecule has 0 radical (unpaired) electrons. The molecule has 2 aromatic rings. The van der Waals surface area contributed by atoms with Crippen LogP contribution in [-0.2, 0) is 0 Å².